The largest absolute Gasteiger partial charge is 0.326 e. The molecule has 0 aliphatic rings. The second-order valence-corrected chi connectivity index (χ2v) is 7.07. The molecule has 1 N–H and O–H groups in total. The van der Waals surface area contributed by atoms with Crippen molar-refractivity contribution in [3.05, 3.63) is 84.3 Å². The van der Waals surface area contributed by atoms with Crippen molar-refractivity contribution >= 4 is 28.1 Å². The van der Waals surface area contributed by atoms with E-state index in [0.29, 0.717) is 12.1 Å². The standard InChI is InChI=1S/C23H18N6O/c1-15(30)25-19-6-2-4-18(14-19)21-9-10-22-26-27-23(29(22)28-21)13-16-7-8-20-17(12-16)5-3-11-24-20/h2-12,14H,13H2,1H3,(H,25,30). The van der Waals surface area contributed by atoms with Gasteiger partial charge in [-0.1, -0.05) is 24.3 Å². The lowest BCUT2D eigenvalue weighted by molar-refractivity contribution is -0.114. The molecule has 2 aromatic carbocycles. The van der Waals surface area contributed by atoms with Crippen molar-refractivity contribution in [2.24, 2.45) is 0 Å². The number of fused-ring (bicyclic) bond motifs is 2. The van der Waals surface area contributed by atoms with Crippen molar-refractivity contribution in [3.63, 3.8) is 0 Å². The molecule has 0 radical (unpaired) electrons. The minimum atomic E-state index is -0.109. The van der Waals surface area contributed by atoms with Crippen molar-refractivity contribution in [1.82, 2.24) is 24.8 Å². The Morgan fingerprint density at radius 2 is 1.93 bits per heavy atom. The molecule has 7 nitrogen and oxygen atoms in total. The summed E-state index contributed by atoms with van der Waals surface area (Å²) in [6.45, 7) is 1.49. The van der Waals surface area contributed by atoms with Gasteiger partial charge in [-0.3, -0.25) is 9.78 Å². The lowest BCUT2D eigenvalue weighted by Gasteiger charge is -2.07. The van der Waals surface area contributed by atoms with Crippen LogP contribution in [0.2, 0.25) is 0 Å². The first-order valence-corrected chi connectivity index (χ1v) is 9.59. The van der Waals surface area contributed by atoms with E-state index >= 15 is 0 Å². The first-order chi connectivity index (χ1) is 14.7. The predicted molar refractivity (Wildman–Crippen MR) is 115 cm³/mol. The molecule has 0 saturated heterocycles. The Labute approximate surface area is 172 Å². The van der Waals surface area contributed by atoms with Gasteiger partial charge in [-0.15, -0.1) is 10.2 Å². The number of nitrogens with zero attached hydrogens (tertiary/aromatic N) is 5. The number of hydrogen-bond donors (Lipinski definition) is 1. The normalized spacial score (nSPS) is 11.1. The highest BCUT2D eigenvalue weighted by Gasteiger charge is 2.11. The monoisotopic (exact) mass is 394 g/mol. The highest BCUT2D eigenvalue weighted by Crippen LogP contribution is 2.22. The van der Waals surface area contributed by atoms with Crippen LogP contribution in [-0.4, -0.2) is 30.7 Å². The second kappa shape index (κ2) is 7.36. The Hall–Kier alpha value is -4.13. The summed E-state index contributed by atoms with van der Waals surface area (Å²) in [4.78, 5) is 15.7. The highest BCUT2D eigenvalue weighted by atomic mass is 16.1. The van der Waals surface area contributed by atoms with Gasteiger partial charge in [0, 0.05) is 36.2 Å². The number of aromatic nitrogens is 5. The molecule has 0 aliphatic heterocycles. The minimum absolute atomic E-state index is 0.109. The van der Waals surface area contributed by atoms with Gasteiger partial charge in [0.05, 0.1) is 11.2 Å². The Balaban J connectivity index is 1.50. The molecule has 5 rings (SSSR count). The number of hydrogen-bond acceptors (Lipinski definition) is 5. The zero-order valence-electron chi connectivity index (χ0n) is 16.3. The molecular weight excluding hydrogens is 376 g/mol. The minimum Gasteiger partial charge on any atom is -0.326 e. The Morgan fingerprint density at radius 3 is 2.83 bits per heavy atom. The lowest BCUT2D eigenvalue weighted by atomic mass is 10.1. The quantitative estimate of drug-likeness (QED) is 0.500. The summed E-state index contributed by atoms with van der Waals surface area (Å²) in [6.07, 6.45) is 2.40. The third-order valence-electron chi connectivity index (χ3n) is 4.84. The number of nitrogens with one attached hydrogen (secondary N) is 1. The summed E-state index contributed by atoms with van der Waals surface area (Å²) in [5.74, 6) is 0.648. The average molecular weight is 394 g/mol. The molecule has 0 spiro atoms. The molecule has 0 unspecified atom stereocenters. The van der Waals surface area contributed by atoms with Crippen LogP contribution in [0.5, 0.6) is 0 Å². The van der Waals surface area contributed by atoms with Crippen LogP contribution in [0.1, 0.15) is 18.3 Å². The highest BCUT2D eigenvalue weighted by molar-refractivity contribution is 5.89. The van der Waals surface area contributed by atoms with E-state index in [0.717, 1.165) is 39.2 Å². The van der Waals surface area contributed by atoms with Gasteiger partial charge >= 0.3 is 0 Å². The maximum Gasteiger partial charge on any atom is 0.221 e. The van der Waals surface area contributed by atoms with Crippen molar-refractivity contribution in [1.29, 1.82) is 0 Å². The van der Waals surface area contributed by atoms with Gasteiger partial charge in [-0.05, 0) is 48.0 Å². The fraction of sp³-hybridized carbons (Fsp3) is 0.0870. The first-order valence-electron chi connectivity index (χ1n) is 9.59. The number of pyridine rings is 1. The lowest BCUT2D eigenvalue weighted by Crippen LogP contribution is -2.05. The van der Waals surface area contributed by atoms with Crippen LogP contribution >= 0.6 is 0 Å². The van der Waals surface area contributed by atoms with Crippen LogP contribution in [0.15, 0.2) is 72.9 Å². The Bertz CT molecular complexity index is 1390. The maximum absolute atomic E-state index is 11.3. The zero-order valence-corrected chi connectivity index (χ0v) is 16.3. The fourth-order valence-corrected chi connectivity index (χ4v) is 3.47. The van der Waals surface area contributed by atoms with Crippen LogP contribution in [-0.2, 0) is 11.2 Å². The number of carbonyl (C=O) groups is 1. The number of anilines is 1. The fourth-order valence-electron chi connectivity index (χ4n) is 3.47. The number of rotatable bonds is 4. The summed E-state index contributed by atoms with van der Waals surface area (Å²) in [5, 5.41) is 17.2. The molecule has 0 bridgehead atoms. The molecule has 1 amide bonds. The third kappa shape index (κ3) is 3.48. The summed E-state index contributed by atoms with van der Waals surface area (Å²) in [5.41, 5.74) is 5.18. The van der Waals surface area contributed by atoms with E-state index in [-0.39, 0.29) is 5.91 Å². The van der Waals surface area contributed by atoms with E-state index in [4.69, 9.17) is 5.10 Å². The number of amides is 1. The third-order valence-corrected chi connectivity index (χ3v) is 4.84. The van der Waals surface area contributed by atoms with E-state index in [1.165, 1.54) is 6.92 Å². The van der Waals surface area contributed by atoms with Gasteiger partial charge in [0.25, 0.3) is 0 Å². The molecular formula is C23H18N6O. The zero-order chi connectivity index (χ0) is 20.5. The Kier molecular flexibility index (Phi) is 4.40. The van der Waals surface area contributed by atoms with Crippen LogP contribution in [0.25, 0.3) is 27.8 Å². The average Bonchev–Trinajstić information content (AvgIpc) is 3.15. The summed E-state index contributed by atoms with van der Waals surface area (Å²) < 4.78 is 1.77. The maximum atomic E-state index is 11.3. The van der Waals surface area contributed by atoms with Crippen molar-refractivity contribution < 1.29 is 4.79 Å². The molecule has 30 heavy (non-hydrogen) atoms. The molecule has 3 aromatic heterocycles. The summed E-state index contributed by atoms with van der Waals surface area (Å²) in [7, 11) is 0. The summed E-state index contributed by atoms with van der Waals surface area (Å²) >= 11 is 0. The van der Waals surface area contributed by atoms with Gasteiger partial charge in [0.2, 0.25) is 5.91 Å². The van der Waals surface area contributed by atoms with Crippen molar-refractivity contribution in [2.45, 2.75) is 13.3 Å². The van der Waals surface area contributed by atoms with E-state index in [1.807, 2.05) is 54.6 Å². The summed E-state index contributed by atoms with van der Waals surface area (Å²) in [6, 6.07) is 21.6. The number of benzene rings is 2. The molecule has 0 atom stereocenters. The molecule has 0 saturated carbocycles. The van der Waals surface area contributed by atoms with Crippen molar-refractivity contribution in [2.75, 3.05) is 5.32 Å². The van der Waals surface area contributed by atoms with E-state index in [1.54, 1.807) is 10.7 Å². The van der Waals surface area contributed by atoms with Gasteiger partial charge in [-0.2, -0.15) is 9.61 Å². The van der Waals surface area contributed by atoms with E-state index in [2.05, 4.69) is 32.6 Å². The van der Waals surface area contributed by atoms with Gasteiger partial charge in [0.15, 0.2) is 11.5 Å². The van der Waals surface area contributed by atoms with Crippen LogP contribution in [0, 0.1) is 0 Å². The van der Waals surface area contributed by atoms with E-state index < -0.39 is 0 Å². The van der Waals surface area contributed by atoms with Gasteiger partial charge < -0.3 is 5.32 Å². The Morgan fingerprint density at radius 1 is 1.00 bits per heavy atom. The van der Waals surface area contributed by atoms with E-state index in [9.17, 15) is 4.79 Å². The molecule has 3 heterocycles. The predicted octanol–water partition coefficient (Wildman–Crippen LogP) is 3.89. The van der Waals surface area contributed by atoms with Gasteiger partial charge in [0.1, 0.15) is 0 Å². The second-order valence-electron chi connectivity index (χ2n) is 7.07. The van der Waals surface area contributed by atoms with Crippen LogP contribution in [0.4, 0.5) is 5.69 Å². The van der Waals surface area contributed by atoms with Gasteiger partial charge in [-0.25, -0.2) is 0 Å². The first kappa shape index (κ1) is 17.9. The number of carbonyl (C=O) groups excluding carboxylic acids is 1. The molecule has 7 heteroatoms. The molecule has 0 fully saturated rings. The van der Waals surface area contributed by atoms with Crippen molar-refractivity contribution in [3.8, 4) is 11.3 Å². The SMILES string of the molecule is CC(=O)Nc1cccc(-c2ccc3nnc(Cc4ccc5ncccc5c4)n3n2)c1. The smallest absolute Gasteiger partial charge is 0.221 e. The molecule has 146 valence electrons. The topological polar surface area (TPSA) is 85.1 Å². The molecule has 5 aromatic rings. The van der Waals surface area contributed by atoms with Crippen LogP contribution in [0.3, 0.4) is 0 Å². The molecule has 0 aliphatic carbocycles. The van der Waals surface area contributed by atoms with Crippen LogP contribution < -0.4 is 5.32 Å².